The second kappa shape index (κ2) is 8.58. The number of amides is 2. The Morgan fingerprint density at radius 2 is 1.72 bits per heavy atom. The van der Waals surface area contributed by atoms with Crippen LogP contribution in [0.2, 0.25) is 0 Å². The van der Waals surface area contributed by atoms with E-state index < -0.39 is 34.4 Å². The van der Waals surface area contributed by atoms with Crippen molar-refractivity contribution in [1.29, 1.82) is 0 Å². The zero-order chi connectivity index (χ0) is 21.0. The van der Waals surface area contributed by atoms with Gasteiger partial charge in [-0.1, -0.05) is 0 Å². The zero-order valence-electron chi connectivity index (χ0n) is 15.8. The molecule has 154 valence electrons. The molecule has 0 aliphatic carbocycles. The third kappa shape index (κ3) is 4.72. The molecule has 1 aliphatic heterocycles. The summed E-state index contributed by atoms with van der Waals surface area (Å²) in [6.45, 7) is 0.342. The summed E-state index contributed by atoms with van der Waals surface area (Å²) in [5.74, 6) is -2.16. The van der Waals surface area contributed by atoms with Crippen molar-refractivity contribution < 1.29 is 27.5 Å². The highest BCUT2D eigenvalue weighted by atomic mass is 32.2. The average Bonchev–Trinajstić information content (AvgIpc) is 3.38. The molecule has 9 nitrogen and oxygen atoms in total. The number of benzene rings is 1. The maximum Gasteiger partial charge on any atom is 0.338 e. The molecular weight excluding hydrogens is 398 g/mol. The zero-order valence-corrected chi connectivity index (χ0v) is 16.6. The minimum Gasteiger partial charge on any atom is -0.452 e. The number of sulfonamides is 1. The summed E-state index contributed by atoms with van der Waals surface area (Å²) in [6.07, 6.45) is 3.32. The molecule has 1 fully saturated rings. The molecule has 1 saturated heterocycles. The molecule has 0 unspecified atom stereocenters. The summed E-state index contributed by atoms with van der Waals surface area (Å²) in [5.41, 5.74) is 0.395. The van der Waals surface area contributed by atoms with Crippen LogP contribution in [-0.2, 0) is 26.6 Å². The van der Waals surface area contributed by atoms with Crippen molar-refractivity contribution in [1.82, 2.24) is 14.2 Å². The minimum atomic E-state index is -3.57. The Bertz CT molecular complexity index is 1020. The van der Waals surface area contributed by atoms with Crippen molar-refractivity contribution in [3.05, 3.63) is 53.9 Å². The lowest BCUT2D eigenvalue weighted by molar-refractivity contribution is -0.123. The molecule has 0 bridgehead atoms. The van der Waals surface area contributed by atoms with Gasteiger partial charge in [0.1, 0.15) is 5.69 Å². The molecule has 2 aromatic rings. The van der Waals surface area contributed by atoms with Gasteiger partial charge in [0.2, 0.25) is 10.0 Å². The summed E-state index contributed by atoms with van der Waals surface area (Å²) in [7, 11) is -1.91. The summed E-state index contributed by atoms with van der Waals surface area (Å²) in [6, 6.07) is 8.54. The van der Waals surface area contributed by atoms with Crippen LogP contribution in [0.3, 0.4) is 0 Å². The number of carbonyl (C=O) groups excluding carboxylic acids is 3. The Morgan fingerprint density at radius 3 is 2.31 bits per heavy atom. The van der Waals surface area contributed by atoms with Gasteiger partial charge in [0, 0.05) is 26.3 Å². The summed E-state index contributed by atoms with van der Waals surface area (Å²) in [4.78, 5) is 35.9. The number of nitrogens with zero attached hydrogens (tertiary/aromatic N) is 2. The Balaban J connectivity index is 1.55. The summed E-state index contributed by atoms with van der Waals surface area (Å²) >= 11 is 0. The number of esters is 1. The number of imide groups is 1. The maximum absolute atomic E-state index is 12.5. The largest absolute Gasteiger partial charge is 0.452 e. The van der Waals surface area contributed by atoms with Crippen molar-refractivity contribution in [2.45, 2.75) is 17.7 Å². The van der Waals surface area contributed by atoms with E-state index >= 15 is 0 Å². The van der Waals surface area contributed by atoms with E-state index in [0.717, 1.165) is 12.8 Å². The summed E-state index contributed by atoms with van der Waals surface area (Å²) < 4.78 is 32.8. The fourth-order valence-corrected chi connectivity index (χ4v) is 4.50. The highest BCUT2D eigenvalue weighted by Gasteiger charge is 2.27. The van der Waals surface area contributed by atoms with Crippen LogP contribution < -0.4 is 5.32 Å². The number of ether oxygens (including phenoxy) is 1. The first kappa shape index (κ1) is 20.7. The molecule has 3 rings (SSSR count). The van der Waals surface area contributed by atoms with Gasteiger partial charge in [-0.05, 0) is 49.2 Å². The minimum absolute atomic E-state index is 0.0989. The molecule has 1 aromatic heterocycles. The predicted octanol–water partition coefficient (Wildman–Crippen LogP) is 0.923. The number of nitrogens with one attached hydrogen (secondary N) is 1. The molecule has 10 heteroatoms. The van der Waals surface area contributed by atoms with Crippen LogP contribution in [0.5, 0.6) is 0 Å². The molecule has 1 aromatic carbocycles. The average molecular weight is 419 g/mol. The van der Waals surface area contributed by atoms with E-state index in [0.29, 0.717) is 18.8 Å². The highest BCUT2D eigenvalue weighted by molar-refractivity contribution is 7.89. The van der Waals surface area contributed by atoms with Gasteiger partial charge in [0.25, 0.3) is 11.8 Å². The van der Waals surface area contributed by atoms with Crippen molar-refractivity contribution in [2.75, 3.05) is 19.7 Å². The smallest absolute Gasteiger partial charge is 0.338 e. The van der Waals surface area contributed by atoms with Crippen molar-refractivity contribution in [3.8, 4) is 0 Å². The first-order valence-electron chi connectivity index (χ1n) is 9.02. The van der Waals surface area contributed by atoms with E-state index in [2.05, 4.69) is 5.32 Å². The number of hydrogen-bond acceptors (Lipinski definition) is 6. The molecule has 0 atom stereocenters. The van der Waals surface area contributed by atoms with Crippen molar-refractivity contribution in [3.63, 3.8) is 0 Å². The maximum atomic E-state index is 12.5. The number of hydrogen-bond donors (Lipinski definition) is 1. The van der Waals surface area contributed by atoms with E-state index in [4.69, 9.17) is 4.74 Å². The Hall–Kier alpha value is -2.98. The van der Waals surface area contributed by atoms with Crippen molar-refractivity contribution in [2.24, 2.45) is 7.05 Å². The number of carbonyl (C=O) groups is 3. The third-order valence-corrected chi connectivity index (χ3v) is 6.47. The number of aromatic nitrogens is 1. The SMILES string of the molecule is Cn1cccc1C(=O)NC(=O)COC(=O)c1ccc(S(=O)(=O)N2CCCC2)cc1. The molecule has 0 radical (unpaired) electrons. The van der Waals surface area contributed by atoms with Gasteiger partial charge in [0.15, 0.2) is 6.61 Å². The van der Waals surface area contributed by atoms with Crippen molar-refractivity contribution >= 4 is 27.8 Å². The van der Waals surface area contributed by atoms with E-state index in [1.54, 1.807) is 29.9 Å². The van der Waals surface area contributed by atoms with Crippen LogP contribution >= 0.6 is 0 Å². The fraction of sp³-hybridized carbons (Fsp3) is 0.316. The lowest BCUT2D eigenvalue weighted by Gasteiger charge is -2.15. The van der Waals surface area contributed by atoms with Gasteiger partial charge in [-0.25, -0.2) is 13.2 Å². The van der Waals surface area contributed by atoms with Crippen LogP contribution in [0.4, 0.5) is 0 Å². The fourth-order valence-electron chi connectivity index (χ4n) is 2.98. The topological polar surface area (TPSA) is 115 Å². The first-order chi connectivity index (χ1) is 13.8. The summed E-state index contributed by atoms with van der Waals surface area (Å²) in [5, 5.41) is 2.13. The lowest BCUT2D eigenvalue weighted by Crippen LogP contribution is -2.35. The van der Waals surface area contributed by atoms with Crippen LogP contribution in [0, 0.1) is 0 Å². The normalized spacial score (nSPS) is 14.5. The van der Waals surface area contributed by atoms with E-state index in [-0.39, 0.29) is 10.5 Å². The standard InChI is InChI=1S/C19H21N3O6S/c1-21-10-4-5-16(21)18(24)20-17(23)13-28-19(25)14-6-8-15(9-7-14)29(26,27)22-11-2-3-12-22/h4-10H,2-3,11-13H2,1H3,(H,20,23,24). The van der Waals surface area contributed by atoms with Crippen LogP contribution in [-0.4, -0.2) is 54.8 Å². The van der Waals surface area contributed by atoms with Gasteiger partial charge in [0.05, 0.1) is 10.5 Å². The molecule has 29 heavy (non-hydrogen) atoms. The first-order valence-corrected chi connectivity index (χ1v) is 10.5. The van der Waals surface area contributed by atoms with Gasteiger partial charge >= 0.3 is 5.97 Å². The quantitative estimate of drug-likeness (QED) is 0.697. The monoisotopic (exact) mass is 419 g/mol. The Morgan fingerprint density at radius 1 is 1.07 bits per heavy atom. The van der Waals surface area contributed by atoms with E-state index in [9.17, 15) is 22.8 Å². The van der Waals surface area contributed by atoms with Crippen LogP contribution in [0.1, 0.15) is 33.7 Å². The second-order valence-corrected chi connectivity index (χ2v) is 8.53. The second-order valence-electron chi connectivity index (χ2n) is 6.59. The molecule has 1 aliphatic rings. The molecule has 2 amide bonds. The Kier molecular flexibility index (Phi) is 6.14. The number of aryl methyl sites for hydroxylation is 1. The molecule has 1 N–H and O–H groups in total. The number of rotatable bonds is 6. The van der Waals surface area contributed by atoms with E-state index in [1.807, 2.05) is 0 Å². The van der Waals surface area contributed by atoms with Crippen LogP contribution in [0.25, 0.3) is 0 Å². The van der Waals surface area contributed by atoms with Gasteiger partial charge in [-0.15, -0.1) is 0 Å². The third-order valence-electron chi connectivity index (χ3n) is 4.56. The van der Waals surface area contributed by atoms with E-state index in [1.165, 1.54) is 28.6 Å². The van der Waals surface area contributed by atoms with Gasteiger partial charge in [-0.3, -0.25) is 14.9 Å². The highest BCUT2D eigenvalue weighted by Crippen LogP contribution is 2.21. The predicted molar refractivity (Wildman–Crippen MR) is 103 cm³/mol. The Labute approximate surface area is 168 Å². The van der Waals surface area contributed by atoms with Gasteiger partial charge in [-0.2, -0.15) is 4.31 Å². The van der Waals surface area contributed by atoms with Gasteiger partial charge < -0.3 is 9.30 Å². The lowest BCUT2D eigenvalue weighted by atomic mass is 10.2. The molecular formula is C19H21N3O6S. The molecule has 0 spiro atoms. The van der Waals surface area contributed by atoms with Crippen LogP contribution in [0.15, 0.2) is 47.5 Å². The molecule has 2 heterocycles. The molecule has 0 saturated carbocycles.